The third kappa shape index (κ3) is 1.72. The molecule has 0 saturated heterocycles. The van der Waals surface area contributed by atoms with E-state index in [4.69, 9.17) is 0 Å². The molecule has 2 aliphatic heterocycles. The lowest BCUT2D eigenvalue weighted by molar-refractivity contribution is -0.0770. The van der Waals surface area contributed by atoms with Gasteiger partial charge in [-0.25, -0.2) is 4.39 Å². The highest BCUT2D eigenvalue weighted by Crippen LogP contribution is 2.39. The van der Waals surface area contributed by atoms with Gasteiger partial charge in [0.25, 0.3) is 0 Å². The molecule has 2 heterocycles. The molecule has 1 N–H and O–H groups in total. The molecule has 0 aromatic heterocycles. The van der Waals surface area contributed by atoms with Gasteiger partial charge in [-0.2, -0.15) is 0 Å². The second-order valence-electron chi connectivity index (χ2n) is 5.49. The van der Waals surface area contributed by atoms with Gasteiger partial charge in [0, 0.05) is 24.1 Å². The topological polar surface area (TPSA) is 35.8 Å². The van der Waals surface area contributed by atoms with Crippen LogP contribution >= 0.6 is 0 Å². The summed E-state index contributed by atoms with van der Waals surface area (Å²) >= 11 is 0. The van der Waals surface area contributed by atoms with E-state index in [2.05, 4.69) is 4.99 Å². The maximum atomic E-state index is 14.2. The van der Waals surface area contributed by atoms with Gasteiger partial charge in [0.05, 0.1) is 6.54 Å². The molecular weight excluding hydrogens is 267 g/mol. The minimum absolute atomic E-state index is 0.314. The lowest BCUT2D eigenvalue weighted by atomic mass is 9.86. The van der Waals surface area contributed by atoms with Gasteiger partial charge in [-0.15, -0.1) is 0 Å². The van der Waals surface area contributed by atoms with Crippen LogP contribution in [0.4, 0.5) is 4.39 Å². The van der Waals surface area contributed by atoms with E-state index < -0.39 is 5.72 Å². The molecule has 0 unspecified atom stereocenters. The number of halogens is 1. The van der Waals surface area contributed by atoms with Crippen molar-refractivity contribution >= 4 is 5.84 Å². The van der Waals surface area contributed by atoms with Crippen molar-refractivity contribution < 1.29 is 9.50 Å². The summed E-state index contributed by atoms with van der Waals surface area (Å²) in [6, 6.07) is 14.3. The number of aliphatic hydroxyl groups is 1. The Labute approximate surface area is 122 Å². The number of rotatable bonds is 1. The molecule has 106 valence electrons. The molecule has 0 aliphatic carbocycles. The molecule has 2 aromatic carbocycles. The zero-order valence-electron chi connectivity index (χ0n) is 11.5. The third-order valence-corrected chi connectivity index (χ3v) is 4.29. The van der Waals surface area contributed by atoms with Gasteiger partial charge in [-0.3, -0.25) is 4.99 Å². The first-order valence-electron chi connectivity index (χ1n) is 7.08. The number of nitrogens with zero attached hydrogens (tertiary/aromatic N) is 2. The van der Waals surface area contributed by atoms with Crippen molar-refractivity contribution in [1.82, 2.24) is 4.90 Å². The van der Waals surface area contributed by atoms with Crippen molar-refractivity contribution in [3.63, 3.8) is 0 Å². The summed E-state index contributed by atoms with van der Waals surface area (Å²) in [4.78, 5) is 6.34. The Hall–Kier alpha value is -2.20. The number of hydrogen-bond acceptors (Lipinski definition) is 3. The van der Waals surface area contributed by atoms with E-state index >= 15 is 0 Å². The molecular formula is C17H15FN2O. The SMILES string of the molecule is O[C@]1(c2ccccc2F)Cc2ccccc2C2=NCCN21. The highest BCUT2D eigenvalue weighted by atomic mass is 19.1. The summed E-state index contributed by atoms with van der Waals surface area (Å²) in [5.41, 5.74) is 0.986. The van der Waals surface area contributed by atoms with Crippen LogP contribution < -0.4 is 0 Å². The van der Waals surface area contributed by atoms with Crippen molar-refractivity contribution in [2.75, 3.05) is 13.1 Å². The molecule has 3 nitrogen and oxygen atoms in total. The zero-order chi connectivity index (χ0) is 14.4. The Bertz CT molecular complexity index is 743. The first kappa shape index (κ1) is 12.5. The van der Waals surface area contributed by atoms with E-state index in [1.54, 1.807) is 18.2 Å². The minimum atomic E-state index is -1.37. The average Bonchev–Trinajstić information content (AvgIpc) is 2.98. The van der Waals surface area contributed by atoms with Crippen LogP contribution in [-0.2, 0) is 12.1 Å². The van der Waals surface area contributed by atoms with Gasteiger partial charge >= 0.3 is 0 Å². The molecule has 2 aliphatic rings. The number of fused-ring (bicyclic) bond motifs is 3. The van der Waals surface area contributed by atoms with Gasteiger partial charge in [0.2, 0.25) is 0 Å². The van der Waals surface area contributed by atoms with E-state index in [-0.39, 0.29) is 5.82 Å². The second-order valence-corrected chi connectivity index (χ2v) is 5.49. The fraction of sp³-hybridized carbons (Fsp3) is 0.235. The highest BCUT2D eigenvalue weighted by Gasteiger charge is 2.46. The van der Waals surface area contributed by atoms with Crippen LogP contribution in [0.1, 0.15) is 16.7 Å². The number of benzene rings is 2. The summed E-state index contributed by atoms with van der Waals surface area (Å²) in [7, 11) is 0. The summed E-state index contributed by atoms with van der Waals surface area (Å²) in [6.45, 7) is 1.23. The van der Waals surface area contributed by atoms with E-state index in [0.29, 0.717) is 25.1 Å². The van der Waals surface area contributed by atoms with E-state index in [9.17, 15) is 9.50 Å². The summed E-state index contributed by atoms with van der Waals surface area (Å²) in [6.07, 6.45) is 0.364. The quantitative estimate of drug-likeness (QED) is 0.871. The van der Waals surface area contributed by atoms with Crippen LogP contribution in [0.3, 0.4) is 0 Å². The normalized spacial score (nSPS) is 23.5. The maximum Gasteiger partial charge on any atom is 0.172 e. The van der Waals surface area contributed by atoms with E-state index in [0.717, 1.165) is 17.0 Å². The first-order chi connectivity index (χ1) is 10.2. The molecule has 0 radical (unpaired) electrons. The Morgan fingerprint density at radius 1 is 1.10 bits per heavy atom. The van der Waals surface area contributed by atoms with Crippen molar-refractivity contribution in [3.05, 3.63) is 71.0 Å². The zero-order valence-corrected chi connectivity index (χ0v) is 11.5. The number of hydrogen-bond donors (Lipinski definition) is 1. The largest absolute Gasteiger partial charge is 0.366 e. The van der Waals surface area contributed by atoms with Gasteiger partial charge in [-0.05, 0) is 11.6 Å². The Morgan fingerprint density at radius 3 is 2.71 bits per heavy atom. The molecule has 4 rings (SSSR count). The molecule has 21 heavy (non-hydrogen) atoms. The smallest absolute Gasteiger partial charge is 0.172 e. The predicted octanol–water partition coefficient (Wildman–Crippen LogP) is 2.29. The fourth-order valence-electron chi connectivity index (χ4n) is 3.32. The monoisotopic (exact) mass is 282 g/mol. The molecule has 0 amide bonds. The van der Waals surface area contributed by atoms with Crippen molar-refractivity contribution in [3.8, 4) is 0 Å². The molecule has 0 spiro atoms. The lowest BCUT2D eigenvalue weighted by Gasteiger charge is -2.43. The molecule has 0 bridgehead atoms. The lowest BCUT2D eigenvalue weighted by Crippen LogP contribution is -2.53. The maximum absolute atomic E-state index is 14.2. The van der Waals surface area contributed by atoms with Gasteiger partial charge < -0.3 is 10.0 Å². The van der Waals surface area contributed by atoms with Crippen LogP contribution in [0.5, 0.6) is 0 Å². The predicted molar refractivity (Wildman–Crippen MR) is 78.6 cm³/mol. The summed E-state index contributed by atoms with van der Waals surface area (Å²) < 4.78 is 14.2. The van der Waals surface area contributed by atoms with Crippen LogP contribution in [0, 0.1) is 5.82 Å². The van der Waals surface area contributed by atoms with Crippen LogP contribution in [0.2, 0.25) is 0 Å². The highest BCUT2D eigenvalue weighted by molar-refractivity contribution is 6.02. The number of amidine groups is 1. The van der Waals surface area contributed by atoms with Gasteiger partial charge in [-0.1, -0.05) is 42.5 Å². The van der Waals surface area contributed by atoms with Gasteiger partial charge in [0.1, 0.15) is 11.7 Å². The first-order valence-corrected chi connectivity index (χ1v) is 7.08. The summed E-state index contributed by atoms with van der Waals surface area (Å²) in [5, 5.41) is 11.2. The van der Waals surface area contributed by atoms with Crippen LogP contribution in [0.15, 0.2) is 53.5 Å². The Kier molecular flexibility index (Phi) is 2.62. The molecule has 4 heteroatoms. The third-order valence-electron chi connectivity index (χ3n) is 4.29. The van der Waals surface area contributed by atoms with E-state index in [1.165, 1.54) is 6.07 Å². The molecule has 0 fully saturated rings. The van der Waals surface area contributed by atoms with Crippen molar-refractivity contribution in [2.45, 2.75) is 12.1 Å². The van der Waals surface area contributed by atoms with E-state index in [1.807, 2.05) is 29.2 Å². The summed E-state index contributed by atoms with van der Waals surface area (Å²) in [5.74, 6) is 0.383. The van der Waals surface area contributed by atoms with Gasteiger partial charge in [0.15, 0.2) is 5.72 Å². The van der Waals surface area contributed by atoms with Crippen LogP contribution in [-0.4, -0.2) is 28.9 Å². The standard InChI is InChI=1S/C17H15FN2O/c18-15-8-4-3-7-14(15)17(21)11-12-5-1-2-6-13(12)16-19-9-10-20(16)17/h1-8,21H,9-11H2/t17-/m0/s1. The molecule has 1 atom stereocenters. The fourth-order valence-corrected chi connectivity index (χ4v) is 3.32. The van der Waals surface area contributed by atoms with Crippen molar-refractivity contribution in [2.24, 2.45) is 4.99 Å². The molecule has 2 aromatic rings. The molecule has 0 saturated carbocycles. The Morgan fingerprint density at radius 2 is 1.86 bits per heavy atom. The minimum Gasteiger partial charge on any atom is -0.366 e. The van der Waals surface area contributed by atoms with Crippen LogP contribution in [0.25, 0.3) is 0 Å². The number of aliphatic imine (C=N–C) groups is 1. The Balaban J connectivity index is 1.92. The second kappa shape index (κ2) is 4.40. The average molecular weight is 282 g/mol. The van der Waals surface area contributed by atoms with Crippen molar-refractivity contribution in [1.29, 1.82) is 0 Å².